The minimum atomic E-state index is -1.84. The second kappa shape index (κ2) is 14.0. The van der Waals surface area contributed by atoms with E-state index >= 15 is 0 Å². The second-order valence-electron chi connectivity index (χ2n) is 9.28. The highest BCUT2D eigenvalue weighted by atomic mass is 16.8. The molecule has 38 heavy (non-hydrogen) atoms. The second-order valence-corrected chi connectivity index (χ2v) is 9.28. The molecule has 0 radical (unpaired) electrons. The Balaban J connectivity index is 1.87. The van der Waals surface area contributed by atoms with Crippen LogP contribution in [0.25, 0.3) is 0 Å². The highest BCUT2D eigenvalue weighted by Gasteiger charge is 2.56. The van der Waals surface area contributed by atoms with Crippen LogP contribution in [-0.2, 0) is 38.0 Å². The van der Waals surface area contributed by atoms with Gasteiger partial charge in [-0.3, -0.25) is 0 Å². The van der Waals surface area contributed by atoms with E-state index in [1.165, 1.54) is 7.11 Å². The van der Waals surface area contributed by atoms with Gasteiger partial charge in [-0.05, 0) is 6.42 Å². The van der Waals surface area contributed by atoms with E-state index in [-0.39, 0.29) is 6.61 Å². The molecule has 3 fully saturated rings. The molecular weight excluding hydrogens is 520 g/mol. The molecular formula is C22H38O16. The molecule has 0 aromatic rings. The lowest BCUT2D eigenvalue weighted by atomic mass is 9.96. The number of carbonyl (C=O) groups excluding carboxylic acids is 1. The number of esters is 1. The lowest BCUT2D eigenvalue weighted by Crippen LogP contribution is -2.66. The largest absolute Gasteiger partial charge is 0.464 e. The highest BCUT2D eigenvalue weighted by Crippen LogP contribution is 2.34. The molecule has 0 aliphatic carbocycles. The van der Waals surface area contributed by atoms with Crippen molar-refractivity contribution < 1.29 is 78.8 Å². The van der Waals surface area contributed by atoms with Crippen LogP contribution >= 0.6 is 0 Å². The minimum absolute atomic E-state index is 0.0463. The SMILES string of the molecule is CCCCOC(=O)C1O[C@@H](OC)C(O[C@@H]2OC(CO)[C@H](O)[C@@H](O)C2O)[C@H](O[C@@H]2O[C@@H](CO)C(O)[C@@H]2O)[C@@H]1O. The predicted molar refractivity (Wildman–Crippen MR) is 119 cm³/mol. The topological polar surface area (TPSA) is 244 Å². The summed E-state index contributed by atoms with van der Waals surface area (Å²) in [7, 11) is 1.18. The first-order valence-electron chi connectivity index (χ1n) is 12.4. The number of methoxy groups -OCH3 is 1. The van der Waals surface area contributed by atoms with Crippen LogP contribution in [0.3, 0.4) is 0 Å². The highest BCUT2D eigenvalue weighted by molar-refractivity contribution is 5.75. The number of aliphatic hydroxyl groups excluding tert-OH is 8. The Hall–Kier alpha value is -1.09. The first-order valence-corrected chi connectivity index (χ1v) is 12.4. The minimum Gasteiger partial charge on any atom is -0.464 e. The fourth-order valence-electron chi connectivity index (χ4n) is 4.37. The molecule has 222 valence electrons. The Bertz CT molecular complexity index is 740. The van der Waals surface area contributed by atoms with Crippen molar-refractivity contribution in [1.82, 2.24) is 0 Å². The van der Waals surface area contributed by atoms with Crippen LogP contribution in [0, 0.1) is 0 Å². The molecule has 3 saturated heterocycles. The lowest BCUT2D eigenvalue weighted by molar-refractivity contribution is -0.374. The number of aliphatic hydroxyl groups is 8. The van der Waals surface area contributed by atoms with Gasteiger partial charge in [-0.25, -0.2) is 4.79 Å². The Labute approximate surface area is 218 Å². The molecule has 3 heterocycles. The molecule has 3 aliphatic rings. The monoisotopic (exact) mass is 558 g/mol. The van der Waals surface area contributed by atoms with Gasteiger partial charge in [0.2, 0.25) is 0 Å². The average Bonchev–Trinajstić information content (AvgIpc) is 3.18. The normalized spacial score (nSPS) is 45.7. The zero-order valence-corrected chi connectivity index (χ0v) is 21.0. The zero-order valence-electron chi connectivity index (χ0n) is 21.0. The summed E-state index contributed by atoms with van der Waals surface area (Å²) in [5.74, 6) is -0.950. The van der Waals surface area contributed by atoms with Gasteiger partial charge in [-0.15, -0.1) is 0 Å². The van der Waals surface area contributed by atoms with Crippen LogP contribution in [0.15, 0.2) is 0 Å². The smallest absolute Gasteiger partial charge is 0.338 e. The number of ether oxygens (including phenoxy) is 7. The summed E-state index contributed by atoms with van der Waals surface area (Å²) in [4.78, 5) is 12.7. The Morgan fingerprint density at radius 2 is 1.24 bits per heavy atom. The molecule has 3 aliphatic heterocycles. The number of hydrogen-bond acceptors (Lipinski definition) is 16. The van der Waals surface area contributed by atoms with Gasteiger partial charge in [-0.1, -0.05) is 13.3 Å². The molecule has 0 spiro atoms. The van der Waals surface area contributed by atoms with Gasteiger partial charge in [0.15, 0.2) is 25.0 Å². The third kappa shape index (κ3) is 6.61. The van der Waals surface area contributed by atoms with Gasteiger partial charge < -0.3 is 74.0 Å². The summed E-state index contributed by atoms with van der Waals surface area (Å²) >= 11 is 0. The standard InChI is InChI=1S/C22H38O16/c1-3-4-5-33-19(31)17-15(30)16(36-20-13(28)11(26)9(7-24)35-20)18(22(32-2)37-17)38-21-14(29)12(27)10(25)8(6-23)34-21/h8-18,20-30H,3-7H2,1-2H3/t8?,9-,10-,11?,12+,13-,14?,15-,16+,17?,18?,20-,21-,22+/m0/s1. The van der Waals surface area contributed by atoms with Crippen molar-refractivity contribution in [2.24, 2.45) is 0 Å². The van der Waals surface area contributed by atoms with Crippen molar-refractivity contribution in [3.05, 3.63) is 0 Å². The van der Waals surface area contributed by atoms with Crippen molar-refractivity contribution >= 4 is 5.97 Å². The molecule has 5 unspecified atom stereocenters. The molecule has 0 bridgehead atoms. The molecule has 0 aromatic carbocycles. The summed E-state index contributed by atoms with van der Waals surface area (Å²) in [5, 5.41) is 81.0. The van der Waals surface area contributed by atoms with Crippen molar-refractivity contribution in [3.63, 3.8) is 0 Å². The summed E-state index contributed by atoms with van der Waals surface area (Å²) < 4.78 is 38.2. The Kier molecular flexibility index (Phi) is 11.6. The van der Waals surface area contributed by atoms with Crippen LogP contribution in [0.2, 0.25) is 0 Å². The molecule has 16 heteroatoms. The van der Waals surface area contributed by atoms with Crippen molar-refractivity contribution in [1.29, 1.82) is 0 Å². The van der Waals surface area contributed by atoms with Gasteiger partial charge in [-0.2, -0.15) is 0 Å². The maximum atomic E-state index is 12.7. The number of carbonyl (C=O) groups is 1. The van der Waals surface area contributed by atoms with Crippen molar-refractivity contribution in [2.75, 3.05) is 26.9 Å². The van der Waals surface area contributed by atoms with Crippen LogP contribution in [0.1, 0.15) is 19.8 Å². The Morgan fingerprint density at radius 3 is 1.76 bits per heavy atom. The van der Waals surface area contributed by atoms with E-state index in [1.54, 1.807) is 0 Å². The van der Waals surface area contributed by atoms with Crippen LogP contribution in [0.4, 0.5) is 0 Å². The molecule has 0 amide bonds. The predicted octanol–water partition coefficient (Wildman–Crippen LogP) is -4.93. The van der Waals surface area contributed by atoms with Gasteiger partial charge in [0.1, 0.15) is 61.0 Å². The molecule has 16 nitrogen and oxygen atoms in total. The molecule has 3 rings (SSSR count). The molecule has 8 N–H and O–H groups in total. The van der Waals surface area contributed by atoms with Gasteiger partial charge in [0.25, 0.3) is 0 Å². The maximum Gasteiger partial charge on any atom is 0.338 e. The van der Waals surface area contributed by atoms with E-state index in [0.29, 0.717) is 6.42 Å². The lowest BCUT2D eigenvalue weighted by Gasteiger charge is -2.47. The van der Waals surface area contributed by atoms with Gasteiger partial charge in [0, 0.05) is 7.11 Å². The summed E-state index contributed by atoms with van der Waals surface area (Å²) in [6, 6.07) is 0. The Morgan fingerprint density at radius 1 is 0.711 bits per heavy atom. The molecule has 14 atom stereocenters. The zero-order chi connectivity index (χ0) is 28.1. The van der Waals surface area contributed by atoms with Crippen molar-refractivity contribution in [2.45, 2.75) is 106 Å². The summed E-state index contributed by atoms with van der Waals surface area (Å²) in [5.41, 5.74) is 0. The fourth-order valence-corrected chi connectivity index (χ4v) is 4.37. The first-order chi connectivity index (χ1) is 18.1. The van der Waals surface area contributed by atoms with E-state index in [1.807, 2.05) is 6.92 Å². The van der Waals surface area contributed by atoms with E-state index in [0.717, 1.165) is 6.42 Å². The van der Waals surface area contributed by atoms with Crippen molar-refractivity contribution in [3.8, 4) is 0 Å². The van der Waals surface area contributed by atoms with E-state index < -0.39 is 105 Å². The number of hydrogen-bond donors (Lipinski definition) is 8. The van der Waals surface area contributed by atoms with Crippen LogP contribution in [0.5, 0.6) is 0 Å². The van der Waals surface area contributed by atoms with Gasteiger partial charge in [0.05, 0.1) is 19.8 Å². The molecule has 0 saturated carbocycles. The van der Waals surface area contributed by atoms with E-state index in [9.17, 15) is 45.6 Å². The third-order valence-electron chi connectivity index (χ3n) is 6.66. The number of unbranched alkanes of at least 4 members (excludes halogenated alkanes) is 1. The molecule has 0 aromatic heterocycles. The number of rotatable bonds is 11. The summed E-state index contributed by atoms with van der Waals surface area (Å²) in [6.45, 7) is 0.528. The first kappa shape index (κ1) is 31.4. The fraction of sp³-hybridized carbons (Fsp3) is 0.955. The quantitative estimate of drug-likeness (QED) is 0.0874. The average molecular weight is 559 g/mol. The van der Waals surface area contributed by atoms with E-state index in [4.69, 9.17) is 33.2 Å². The summed E-state index contributed by atoms with van der Waals surface area (Å²) in [6.07, 6.45) is -21.3. The van der Waals surface area contributed by atoms with Crippen LogP contribution in [-0.4, -0.2) is 160 Å². The van der Waals surface area contributed by atoms with Gasteiger partial charge >= 0.3 is 5.97 Å². The van der Waals surface area contributed by atoms with Crippen LogP contribution < -0.4 is 0 Å². The third-order valence-corrected chi connectivity index (χ3v) is 6.66. The van der Waals surface area contributed by atoms with E-state index in [2.05, 4.69) is 0 Å². The maximum absolute atomic E-state index is 12.7.